The minimum atomic E-state index is 0.895. The third kappa shape index (κ3) is 4.12. The monoisotopic (exact) mass is 183 g/mol. The van der Waals surface area contributed by atoms with Crippen molar-refractivity contribution in [3.8, 4) is 0 Å². The van der Waals surface area contributed by atoms with Gasteiger partial charge in [-0.2, -0.15) is 0 Å². The first-order valence-corrected chi connectivity index (χ1v) is 6.05. The van der Waals surface area contributed by atoms with Gasteiger partial charge in [-0.15, -0.1) is 0 Å². The SMILES string of the molecule is CCCNCC(C)C1CCCCC1. The summed E-state index contributed by atoms with van der Waals surface area (Å²) in [5.74, 6) is 1.91. The van der Waals surface area contributed by atoms with Gasteiger partial charge in [0.1, 0.15) is 0 Å². The lowest BCUT2D eigenvalue weighted by atomic mass is 9.81. The van der Waals surface area contributed by atoms with E-state index in [1.807, 2.05) is 0 Å². The molecule has 0 radical (unpaired) electrons. The second kappa shape index (κ2) is 6.42. The van der Waals surface area contributed by atoms with Gasteiger partial charge in [-0.05, 0) is 31.3 Å². The molecule has 0 aromatic carbocycles. The summed E-state index contributed by atoms with van der Waals surface area (Å²) in [6, 6.07) is 0. The fourth-order valence-corrected chi connectivity index (χ4v) is 2.38. The van der Waals surface area contributed by atoms with Crippen LogP contribution >= 0.6 is 0 Å². The predicted molar refractivity (Wildman–Crippen MR) is 58.9 cm³/mol. The summed E-state index contributed by atoms with van der Waals surface area (Å²) < 4.78 is 0. The van der Waals surface area contributed by atoms with E-state index >= 15 is 0 Å². The van der Waals surface area contributed by atoms with E-state index in [-0.39, 0.29) is 0 Å². The van der Waals surface area contributed by atoms with Crippen LogP contribution in [0.5, 0.6) is 0 Å². The van der Waals surface area contributed by atoms with Gasteiger partial charge in [0.05, 0.1) is 0 Å². The van der Waals surface area contributed by atoms with Gasteiger partial charge in [-0.3, -0.25) is 0 Å². The van der Waals surface area contributed by atoms with Crippen molar-refractivity contribution in [2.24, 2.45) is 11.8 Å². The van der Waals surface area contributed by atoms with Crippen LogP contribution in [-0.2, 0) is 0 Å². The van der Waals surface area contributed by atoms with E-state index < -0.39 is 0 Å². The number of hydrogen-bond donors (Lipinski definition) is 1. The van der Waals surface area contributed by atoms with E-state index in [4.69, 9.17) is 0 Å². The molecule has 1 rings (SSSR count). The molecule has 1 nitrogen and oxygen atoms in total. The van der Waals surface area contributed by atoms with Crippen molar-refractivity contribution in [3.63, 3.8) is 0 Å². The van der Waals surface area contributed by atoms with Gasteiger partial charge in [0.15, 0.2) is 0 Å². The average molecular weight is 183 g/mol. The van der Waals surface area contributed by atoms with Crippen LogP contribution in [0.3, 0.4) is 0 Å². The highest BCUT2D eigenvalue weighted by molar-refractivity contribution is 4.72. The van der Waals surface area contributed by atoms with Gasteiger partial charge in [-0.25, -0.2) is 0 Å². The second-order valence-electron chi connectivity index (χ2n) is 4.58. The van der Waals surface area contributed by atoms with E-state index in [1.165, 1.54) is 51.6 Å². The highest BCUT2D eigenvalue weighted by atomic mass is 14.8. The summed E-state index contributed by atoms with van der Waals surface area (Å²) in [6.07, 6.45) is 8.65. The lowest BCUT2D eigenvalue weighted by molar-refractivity contribution is 0.257. The van der Waals surface area contributed by atoms with Crippen molar-refractivity contribution in [1.82, 2.24) is 5.32 Å². The first kappa shape index (κ1) is 11.0. The molecule has 0 aliphatic heterocycles. The number of hydrogen-bond acceptors (Lipinski definition) is 1. The smallest absolute Gasteiger partial charge is 0.00205 e. The second-order valence-corrected chi connectivity index (χ2v) is 4.58. The molecule has 0 amide bonds. The van der Waals surface area contributed by atoms with E-state index in [1.54, 1.807) is 0 Å². The van der Waals surface area contributed by atoms with Crippen LogP contribution in [0.2, 0.25) is 0 Å². The van der Waals surface area contributed by atoms with Crippen molar-refractivity contribution >= 4 is 0 Å². The van der Waals surface area contributed by atoms with Crippen LogP contribution in [-0.4, -0.2) is 13.1 Å². The van der Waals surface area contributed by atoms with Gasteiger partial charge in [-0.1, -0.05) is 46.0 Å². The summed E-state index contributed by atoms with van der Waals surface area (Å²) in [7, 11) is 0. The van der Waals surface area contributed by atoms with Gasteiger partial charge < -0.3 is 5.32 Å². The standard InChI is InChI=1S/C12H25N/c1-3-9-13-10-11(2)12-7-5-4-6-8-12/h11-13H,3-10H2,1-2H3. The van der Waals surface area contributed by atoms with Crippen molar-refractivity contribution < 1.29 is 0 Å². The first-order valence-electron chi connectivity index (χ1n) is 6.05. The fourth-order valence-electron chi connectivity index (χ4n) is 2.38. The minimum absolute atomic E-state index is 0.895. The highest BCUT2D eigenvalue weighted by Gasteiger charge is 2.19. The highest BCUT2D eigenvalue weighted by Crippen LogP contribution is 2.29. The Kier molecular flexibility index (Phi) is 5.45. The molecule has 0 heterocycles. The van der Waals surface area contributed by atoms with Crippen LogP contribution < -0.4 is 5.32 Å². The van der Waals surface area contributed by atoms with Crippen molar-refractivity contribution in [3.05, 3.63) is 0 Å². The molecule has 1 unspecified atom stereocenters. The summed E-state index contributed by atoms with van der Waals surface area (Å²) in [5.41, 5.74) is 0. The van der Waals surface area contributed by atoms with E-state index in [9.17, 15) is 0 Å². The molecule has 1 fully saturated rings. The minimum Gasteiger partial charge on any atom is -0.316 e. The van der Waals surface area contributed by atoms with Gasteiger partial charge in [0.25, 0.3) is 0 Å². The Balaban J connectivity index is 2.09. The summed E-state index contributed by atoms with van der Waals surface area (Å²) in [6.45, 7) is 7.08. The topological polar surface area (TPSA) is 12.0 Å². The van der Waals surface area contributed by atoms with Crippen LogP contribution in [0.1, 0.15) is 52.4 Å². The summed E-state index contributed by atoms with van der Waals surface area (Å²) in [4.78, 5) is 0. The van der Waals surface area contributed by atoms with E-state index in [0.29, 0.717) is 0 Å². The summed E-state index contributed by atoms with van der Waals surface area (Å²) in [5, 5.41) is 3.53. The zero-order chi connectivity index (χ0) is 9.52. The Labute approximate surface area is 83.3 Å². The zero-order valence-corrected chi connectivity index (χ0v) is 9.31. The van der Waals surface area contributed by atoms with Gasteiger partial charge >= 0.3 is 0 Å². The van der Waals surface area contributed by atoms with Crippen LogP contribution in [0.15, 0.2) is 0 Å². The van der Waals surface area contributed by atoms with Gasteiger partial charge in [0, 0.05) is 0 Å². The molecule has 0 bridgehead atoms. The molecule has 0 aromatic rings. The number of rotatable bonds is 5. The molecule has 0 saturated heterocycles. The third-order valence-electron chi connectivity index (χ3n) is 3.35. The Bertz CT molecular complexity index is 116. The summed E-state index contributed by atoms with van der Waals surface area (Å²) >= 11 is 0. The molecule has 13 heavy (non-hydrogen) atoms. The third-order valence-corrected chi connectivity index (χ3v) is 3.35. The maximum absolute atomic E-state index is 3.53. The van der Waals surface area contributed by atoms with Crippen molar-refractivity contribution in [1.29, 1.82) is 0 Å². The quantitative estimate of drug-likeness (QED) is 0.645. The Hall–Kier alpha value is -0.0400. The van der Waals surface area contributed by atoms with Crippen molar-refractivity contribution in [2.75, 3.05) is 13.1 Å². The van der Waals surface area contributed by atoms with Crippen LogP contribution in [0, 0.1) is 11.8 Å². The Morgan fingerprint density at radius 1 is 1.23 bits per heavy atom. The number of nitrogens with one attached hydrogen (secondary N) is 1. The average Bonchev–Trinajstić information content (AvgIpc) is 2.19. The van der Waals surface area contributed by atoms with E-state index in [0.717, 1.165) is 11.8 Å². The normalized spacial score (nSPS) is 21.7. The van der Waals surface area contributed by atoms with Gasteiger partial charge in [0.2, 0.25) is 0 Å². The van der Waals surface area contributed by atoms with Crippen LogP contribution in [0.25, 0.3) is 0 Å². The fraction of sp³-hybridized carbons (Fsp3) is 1.00. The molecule has 1 N–H and O–H groups in total. The lowest BCUT2D eigenvalue weighted by Gasteiger charge is -2.27. The molecule has 78 valence electrons. The maximum Gasteiger partial charge on any atom is -0.00205 e. The Morgan fingerprint density at radius 2 is 1.92 bits per heavy atom. The molecule has 1 heteroatoms. The largest absolute Gasteiger partial charge is 0.316 e. The molecule has 1 aliphatic rings. The zero-order valence-electron chi connectivity index (χ0n) is 9.31. The molecule has 1 aliphatic carbocycles. The molecule has 1 saturated carbocycles. The van der Waals surface area contributed by atoms with Crippen LogP contribution in [0.4, 0.5) is 0 Å². The lowest BCUT2D eigenvalue weighted by Crippen LogP contribution is -2.27. The molecule has 0 aromatic heterocycles. The molecular formula is C12H25N. The maximum atomic E-state index is 3.53. The first-order chi connectivity index (χ1) is 6.34. The molecule has 1 atom stereocenters. The van der Waals surface area contributed by atoms with E-state index in [2.05, 4.69) is 19.2 Å². The predicted octanol–water partition coefficient (Wildman–Crippen LogP) is 3.20. The molecule has 0 spiro atoms. The van der Waals surface area contributed by atoms with Crippen molar-refractivity contribution in [2.45, 2.75) is 52.4 Å². The molecular weight excluding hydrogens is 158 g/mol. The Morgan fingerprint density at radius 3 is 2.54 bits per heavy atom.